The van der Waals surface area contributed by atoms with Gasteiger partial charge in [-0.25, -0.2) is 0 Å². The standard InChI is InChI=1S/C12H14BrNO/c1-8(7-15)11-5-9-3-4-10(13)6-12(9)14(11)2/h3-6,8,15H,7H2,1-2H3. The molecule has 0 saturated carbocycles. The lowest BCUT2D eigenvalue weighted by atomic mass is 10.1. The van der Waals surface area contributed by atoms with E-state index in [1.807, 2.05) is 20.0 Å². The number of aliphatic hydroxyl groups excluding tert-OH is 1. The third-order valence-corrected chi connectivity index (χ3v) is 3.32. The van der Waals surface area contributed by atoms with E-state index in [1.54, 1.807) is 0 Å². The Kier molecular flexibility index (Phi) is 2.85. The highest BCUT2D eigenvalue weighted by atomic mass is 79.9. The molecule has 0 aliphatic rings. The fourth-order valence-electron chi connectivity index (χ4n) is 1.89. The number of aliphatic hydroxyl groups is 1. The van der Waals surface area contributed by atoms with Crippen molar-refractivity contribution in [3.63, 3.8) is 0 Å². The van der Waals surface area contributed by atoms with Gasteiger partial charge in [0.1, 0.15) is 0 Å². The quantitative estimate of drug-likeness (QED) is 0.889. The van der Waals surface area contributed by atoms with Gasteiger partial charge < -0.3 is 9.67 Å². The first kappa shape index (κ1) is 10.7. The van der Waals surface area contributed by atoms with Crippen molar-refractivity contribution in [3.05, 3.63) is 34.4 Å². The molecule has 0 fully saturated rings. The summed E-state index contributed by atoms with van der Waals surface area (Å²) < 4.78 is 3.22. The van der Waals surface area contributed by atoms with Gasteiger partial charge in [0.15, 0.2) is 0 Å². The Hall–Kier alpha value is -0.800. The van der Waals surface area contributed by atoms with Gasteiger partial charge in [-0.1, -0.05) is 28.9 Å². The largest absolute Gasteiger partial charge is 0.396 e. The van der Waals surface area contributed by atoms with E-state index in [1.165, 1.54) is 16.6 Å². The molecule has 0 aliphatic carbocycles. The zero-order chi connectivity index (χ0) is 11.0. The summed E-state index contributed by atoms with van der Waals surface area (Å²) in [5.74, 6) is 0.182. The Morgan fingerprint density at radius 2 is 2.13 bits per heavy atom. The van der Waals surface area contributed by atoms with Crippen molar-refractivity contribution < 1.29 is 5.11 Å². The average molecular weight is 268 g/mol. The molecule has 3 heteroatoms. The Morgan fingerprint density at radius 3 is 2.80 bits per heavy atom. The van der Waals surface area contributed by atoms with E-state index in [0.29, 0.717) is 0 Å². The Bertz CT molecular complexity index is 490. The molecule has 1 aromatic carbocycles. The maximum Gasteiger partial charge on any atom is 0.0511 e. The highest BCUT2D eigenvalue weighted by molar-refractivity contribution is 9.10. The van der Waals surface area contributed by atoms with Crippen molar-refractivity contribution in [2.75, 3.05) is 6.61 Å². The minimum absolute atomic E-state index is 0.182. The number of nitrogens with zero attached hydrogens (tertiary/aromatic N) is 1. The fraction of sp³-hybridized carbons (Fsp3) is 0.333. The average Bonchev–Trinajstić information content (AvgIpc) is 2.55. The molecule has 1 atom stereocenters. The van der Waals surface area contributed by atoms with E-state index in [-0.39, 0.29) is 12.5 Å². The molecule has 80 valence electrons. The van der Waals surface area contributed by atoms with Crippen LogP contribution >= 0.6 is 15.9 Å². The molecule has 2 rings (SSSR count). The van der Waals surface area contributed by atoms with Crippen molar-refractivity contribution in [3.8, 4) is 0 Å². The Morgan fingerprint density at radius 1 is 1.40 bits per heavy atom. The van der Waals surface area contributed by atoms with Crippen molar-refractivity contribution in [1.82, 2.24) is 4.57 Å². The van der Waals surface area contributed by atoms with Gasteiger partial charge >= 0.3 is 0 Å². The number of halogens is 1. The molecule has 0 aliphatic heterocycles. The summed E-state index contributed by atoms with van der Waals surface area (Å²) >= 11 is 3.47. The van der Waals surface area contributed by atoms with E-state index in [4.69, 9.17) is 5.11 Å². The summed E-state index contributed by atoms with van der Waals surface area (Å²) in [6, 6.07) is 8.37. The van der Waals surface area contributed by atoms with Gasteiger partial charge in [-0.3, -0.25) is 0 Å². The van der Waals surface area contributed by atoms with Crippen LogP contribution in [0.2, 0.25) is 0 Å². The number of rotatable bonds is 2. The lowest BCUT2D eigenvalue weighted by Gasteiger charge is -2.09. The second-order valence-corrected chi connectivity index (χ2v) is 4.83. The first-order valence-corrected chi connectivity index (χ1v) is 5.78. The van der Waals surface area contributed by atoms with Crippen molar-refractivity contribution in [1.29, 1.82) is 0 Å². The molecule has 15 heavy (non-hydrogen) atoms. The van der Waals surface area contributed by atoms with Crippen LogP contribution in [0, 0.1) is 0 Å². The fourth-order valence-corrected chi connectivity index (χ4v) is 2.24. The number of benzene rings is 1. The van der Waals surface area contributed by atoms with Crippen LogP contribution in [0.1, 0.15) is 18.5 Å². The maximum atomic E-state index is 9.17. The Balaban J connectivity index is 2.64. The molecule has 1 N–H and O–H groups in total. The summed E-state index contributed by atoms with van der Waals surface area (Å²) in [6.45, 7) is 2.22. The van der Waals surface area contributed by atoms with E-state index in [9.17, 15) is 0 Å². The van der Waals surface area contributed by atoms with Gasteiger partial charge in [0.25, 0.3) is 0 Å². The van der Waals surface area contributed by atoms with Crippen LogP contribution in [0.25, 0.3) is 10.9 Å². The molecular formula is C12H14BrNO. The molecular weight excluding hydrogens is 254 g/mol. The smallest absolute Gasteiger partial charge is 0.0511 e. The SMILES string of the molecule is CC(CO)c1cc2ccc(Br)cc2n1C. The van der Waals surface area contributed by atoms with Gasteiger partial charge in [0.2, 0.25) is 0 Å². The van der Waals surface area contributed by atoms with Crippen molar-refractivity contribution in [2.24, 2.45) is 7.05 Å². The second-order valence-electron chi connectivity index (χ2n) is 3.91. The predicted molar refractivity (Wildman–Crippen MR) is 66.1 cm³/mol. The molecule has 0 saturated heterocycles. The molecule has 1 aromatic heterocycles. The zero-order valence-electron chi connectivity index (χ0n) is 8.87. The predicted octanol–water partition coefficient (Wildman–Crippen LogP) is 3.04. The van der Waals surface area contributed by atoms with Crippen LogP contribution < -0.4 is 0 Å². The molecule has 0 radical (unpaired) electrons. The number of aromatic nitrogens is 1. The van der Waals surface area contributed by atoms with Crippen LogP contribution in [0.5, 0.6) is 0 Å². The third kappa shape index (κ3) is 1.82. The van der Waals surface area contributed by atoms with Gasteiger partial charge in [0, 0.05) is 28.6 Å². The monoisotopic (exact) mass is 267 g/mol. The third-order valence-electron chi connectivity index (χ3n) is 2.82. The van der Waals surface area contributed by atoms with Crippen LogP contribution in [0.4, 0.5) is 0 Å². The number of hydrogen-bond acceptors (Lipinski definition) is 1. The minimum Gasteiger partial charge on any atom is -0.396 e. The van der Waals surface area contributed by atoms with Gasteiger partial charge in [-0.05, 0) is 23.6 Å². The van der Waals surface area contributed by atoms with Crippen LogP contribution in [0.15, 0.2) is 28.7 Å². The minimum atomic E-state index is 0.182. The van der Waals surface area contributed by atoms with Gasteiger partial charge in [-0.2, -0.15) is 0 Å². The first-order chi connectivity index (χ1) is 7.13. The maximum absolute atomic E-state index is 9.17. The number of fused-ring (bicyclic) bond motifs is 1. The summed E-state index contributed by atoms with van der Waals surface area (Å²) in [4.78, 5) is 0. The van der Waals surface area contributed by atoms with Gasteiger partial charge in [-0.15, -0.1) is 0 Å². The first-order valence-electron chi connectivity index (χ1n) is 4.99. The van der Waals surface area contributed by atoms with E-state index < -0.39 is 0 Å². The highest BCUT2D eigenvalue weighted by Gasteiger charge is 2.11. The Labute approximate surface area is 97.7 Å². The summed E-state index contributed by atoms with van der Waals surface area (Å²) in [5.41, 5.74) is 2.37. The molecule has 0 spiro atoms. The van der Waals surface area contributed by atoms with E-state index in [0.717, 1.165) is 4.47 Å². The zero-order valence-corrected chi connectivity index (χ0v) is 10.5. The summed E-state index contributed by atoms with van der Waals surface area (Å²) in [7, 11) is 2.04. The normalized spacial score (nSPS) is 13.3. The molecule has 0 bridgehead atoms. The number of aryl methyl sites for hydroxylation is 1. The van der Waals surface area contributed by atoms with Crippen LogP contribution in [-0.2, 0) is 7.05 Å². The highest BCUT2D eigenvalue weighted by Crippen LogP contribution is 2.26. The molecule has 0 amide bonds. The van der Waals surface area contributed by atoms with Crippen LogP contribution in [-0.4, -0.2) is 16.3 Å². The lowest BCUT2D eigenvalue weighted by molar-refractivity contribution is 0.269. The lowest BCUT2D eigenvalue weighted by Crippen LogP contribution is -2.04. The molecule has 2 aromatic rings. The molecule has 2 nitrogen and oxygen atoms in total. The van der Waals surface area contributed by atoms with Crippen LogP contribution in [0.3, 0.4) is 0 Å². The van der Waals surface area contributed by atoms with Crippen molar-refractivity contribution in [2.45, 2.75) is 12.8 Å². The number of hydrogen-bond donors (Lipinski definition) is 1. The van der Waals surface area contributed by atoms with E-state index in [2.05, 4.69) is 38.7 Å². The summed E-state index contributed by atoms with van der Waals surface area (Å²) in [5, 5.41) is 10.4. The summed E-state index contributed by atoms with van der Waals surface area (Å²) in [6.07, 6.45) is 0. The topological polar surface area (TPSA) is 25.2 Å². The van der Waals surface area contributed by atoms with E-state index >= 15 is 0 Å². The van der Waals surface area contributed by atoms with Gasteiger partial charge in [0.05, 0.1) is 6.61 Å². The second kappa shape index (κ2) is 3.99. The molecule has 1 unspecified atom stereocenters. The van der Waals surface area contributed by atoms with Crippen molar-refractivity contribution >= 4 is 26.8 Å². The molecule has 1 heterocycles.